The van der Waals surface area contributed by atoms with E-state index in [1.807, 2.05) is 0 Å². The molecule has 0 spiro atoms. The number of carbonyl (C=O) groups is 2. The third-order valence-corrected chi connectivity index (χ3v) is 2.10. The third-order valence-electron chi connectivity index (χ3n) is 2.10. The van der Waals surface area contributed by atoms with E-state index in [0.29, 0.717) is 5.56 Å². The molecule has 0 saturated heterocycles. The van der Waals surface area contributed by atoms with Crippen molar-refractivity contribution in [2.45, 2.75) is 6.54 Å². The lowest BCUT2D eigenvalue weighted by Crippen LogP contribution is -2.33. The maximum atomic E-state index is 10.6. The van der Waals surface area contributed by atoms with Crippen molar-refractivity contribution in [2.75, 3.05) is 13.1 Å². The molecule has 0 aliphatic carbocycles. The largest absolute Gasteiger partial charge is 0.508 e. The number of benzene rings is 1. The van der Waals surface area contributed by atoms with E-state index in [1.165, 1.54) is 11.0 Å². The molecule has 0 aliphatic rings. The first-order valence-electron chi connectivity index (χ1n) is 4.92. The first-order valence-corrected chi connectivity index (χ1v) is 4.92. The van der Waals surface area contributed by atoms with Crippen LogP contribution in [0, 0.1) is 0 Å². The van der Waals surface area contributed by atoms with E-state index in [2.05, 4.69) is 0 Å². The van der Waals surface area contributed by atoms with Crippen molar-refractivity contribution >= 4 is 11.9 Å². The second-order valence-corrected chi connectivity index (χ2v) is 3.56. The van der Waals surface area contributed by atoms with Crippen molar-refractivity contribution in [3.8, 4) is 5.75 Å². The highest BCUT2D eigenvalue weighted by atomic mass is 16.4. The lowest BCUT2D eigenvalue weighted by molar-refractivity contribution is -0.142. The summed E-state index contributed by atoms with van der Waals surface area (Å²) in [6.45, 7) is -0.702. The van der Waals surface area contributed by atoms with Crippen LogP contribution in [0.5, 0.6) is 5.75 Å². The molecule has 92 valence electrons. The van der Waals surface area contributed by atoms with E-state index in [9.17, 15) is 14.7 Å². The van der Waals surface area contributed by atoms with Crippen molar-refractivity contribution in [2.24, 2.45) is 0 Å². The fourth-order valence-electron chi connectivity index (χ4n) is 1.44. The van der Waals surface area contributed by atoms with Gasteiger partial charge in [-0.2, -0.15) is 0 Å². The van der Waals surface area contributed by atoms with Gasteiger partial charge in [-0.05, 0) is 6.07 Å². The maximum Gasteiger partial charge on any atom is 0.317 e. The Bertz CT molecular complexity index is 402. The second kappa shape index (κ2) is 5.86. The van der Waals surface area contributed by atoms with Crippen LogP contribution in [0.15, 0.2) is 24.3 Å². The Morgan fingerprint density at radius 3 is 2.06 bits per heavy atom. The Labute approximate surface area is 97.7 Å². The van der Waals surface area contributed by atoms with Crippen LogP contribution in [0.2, 0.25) is 0 Å². The van der Waals surface area contributed by atoms with Crippen molar-refractivity contribution in [3.63, 3.8) is 0 Å². The highest BCUT2D eigenvalue weighted by Gasteiger charge is 2.15. The molecule has 6 heteroatoms. The van der Waals surface area contributed by atoms with E-state index < -0.39 is 11.9 Å². The molecule has 3 N–H and O–H groups in total. The second-order valence-electron chi connectivity index (χ2n) is 3.56. The summed E-state index contributed by atoms with van der Waals surface area (Å²) in [7, 11) is 0. The number of phenols is 1. The van der Waals surface area contributed by atoms with Gasteiger partial charge in [-0.15, -0.1) is 0 Å². The number of nitrogens with zero attached hydrogens (tertiary/aromatic N) is 1. The number of hydrogen-bond acceptors (Lipinski definition) is 4. The Balaban J connectivity index is 2.75. The van der Waals surface area contributed by atoms with Gasteiger partial charge in [-0.1, -0.05) is 18.2 Å². The summed E-state index contributed by atoms with van der Waals surface area (Å²) in [5.41, 5.74) is 0.495. The average Bonchev–Trinajstić information content (AvgIpc) is 2.19. The number of aliphatic carboxylic acids is 2. The zero-order chi connectivity index (χ0) is 12.8. The number of aromatic hydroxyl groups is 1. The lowest BCUT2D eigenvalue weighted by atomic mass is 10.2. The maximum absolute atomic E-state index is 10.6. The van der Waals surface area contributed by atoms with Gasteiger partial charge in [0.25, 0.3) is 0 Å². The molecule has 1 aromatic carbocycles. The molecule has 0 aromatic heterocycles. The first kappa shape index (κ1) is 13.0. The van der Waals surface area contributed by atoms with Gasteiger partial charge >= 0.3 is 11.9 Å². The number of para-hydroxylation sites is 1. The molecule has 0 atom stereocenters. The smallest absolute Gasteiger partial charge is 0.317 e. The van der Waals surface area contributed by atoms with E-state index in [1.54, 1.807) is 18.2 Å². The fourth-order valence-corrected chi connectivity index (χ4v) is 1.44. The molecular weight excluding hydrogens is 226 g/mol. The minimum atomic E-state index is -1.11. The van der Waals surface area contributed by atoms with Crippen LogP contribution in [-0.4, -0.2) is 45.2 Å². The molecule has 0 fully saturated rings. The van der Waals surface area contributed by atoms with Crippen LogP contribution in [0.4, 0.5) is 0 Å². The molecule has 6 nitrogen and oxygen atoms in total. The van der Waals surface area contributed by atoms with Crippen LogP contribution >= 0.6 is 0 Å². The number of phenolic OH excluding ortho intramolecular Hbond substituents is 1. The van der Waals surface area contributed by atoms with Crippen molar-refractivity contribution < 1.29 is 24.9 Å². The molecule has 1 aromatic rings. The van der Waals surface area contributed by atoms with Gasteiger partial charge in [-0.25, -0.2) is 0 Å². The normalized spacial score (nSPS) is 10.4. The summed E-state index contributed by atoms with van der Waals surface area (Å²) < 4.78 is 0. The molecule has 0 aliphatic heterocycles. The van der Waals surface area contributed by atoms with E-state index >= 15 is 0 Å². The van der Waals surface area contributed by atoms with Crippen molar-refractivity contribution in [3.05, 3.63) is 29.8 Å². The van der Waals surface area contributed by atoms with Crippen LogP contribution in [0.25, 0.3) is 0 Å². The predicted octanol–water partition coefficient (Wildman–Crippen LogP) is 0.363. The van der Waals surface area contributed by atoms with E-state index in [-0.39, 0.29) is 25.4 Å². The molecule has 0 radical (unpaired) electrons. The van der Waals surface area contributed by atoms with Crippen molar-refractivity contribution in [1.29, 1.82) is 0 Å². The zero-order valence-corrected chi connectivity index (χ0v) is 9.04. The van der Waals surface area contributed by atoms with E-state index in [4.69, 9.17) is 10.2 Å². The molecule has 0 unspecified atom stereocenters. The molecule has 0 amide bonds. The van der Waals surface area contributed by atoms with Gasteiger partial charge in [0.1, 0.15) is 5.75 Å². The highest BCUT2D eigenvalue weighted by molar-refractivity contribution is 5.72. The topological polar surface area (TPSA) is 98.1 Å². The first-order chi connectivity index (χ1) is 7.99. The van der Waals surface area contributed by atoms with Gasteiger partial charge in [0.15, 0.2) is 0 Å². The number of hydrogen-bond donors (Lipinski definition) is 3. The molecule has 1 rings (SSSR count). The Kier molecular flexibility index (Phi) is 4.47. The minimum absolute atomic E-state index is 0.0216. The number of carboxylic acid groups (broad SMARTS) is 2. The van der Waals surface area contributed by atoms with E-state index in [0.717, 1.165) is 0 Å². The SMILES string of the molecule is O=C(O)CN(CC(=O)O)Cc1ccccc1O. The molecule has 17 heavy (non-hydrogen) atoms. The Morgan fingerprint density at radius 2 is 1.59 bits per heavy atom. The minimum Gasteiger partial charge on any atom is -0.508 e. The third kappa shape index (κ3) is 4.52. The molecule has 0 bridgehead atoms. The van der Waals surface area contributed by atoms with Gasteiger partial charge < -0.3 is 15.3 Å². The number of rotatable bonds is 6. The summed E-state index contributed by atoms with van der Waals surface area (Å²) in [5.74, 6) is -2.20. The molecule has 0 heterocycles. The Hall–Kier alpha value is -2.08. The van der Waals surface area contributed by atoms with Crippen LogP contribution in [0.3, 0.4) is 0 Å². The monoisotopic (exact) mass is 239 g/mol. The van der Waals surface area contributed by atoms with Crippen LogP contribution < -0.4 is 0 Å². The van der Waals surface area contributed by atoms with Crippen LogP contribution in [0.1, 0.15) is 5.56 Å². The summed E-state index contributed by atoms with van der Waals surface area (Å²) in [6, 6.07) is 6.41. The average molecular weight is 239 g/mol. The summed E-state index contributed by atoms with van der Waals surface area (Å²) in [4.78, 5) is 22.4. The van der Waals surface area contributed by atoms with Crippen molar-refractivity contribution in [1.82, 2.24) is 4.90 Å². The highest BCUT2D eigenvalue weighted by Crippen LogP contribution is 2.17. The molecule has 0 saturated carbocycles. The van der Waals surface area contributed by atoms with Gasteiger partial charge in [0.2, 0.25) is 0 Å². The summed E-state index contributed by atoms with van der Waals surface area (Å²) in [5, 5.41) is 26.8. The zero-order valence-electron chi connectivity index (χ0n) is 9.04. The van der Waals surface area contributed by atoms with Gasteiger partial charge in [0.05, 0.1) is 13.1 Å². The quantitative estimate of drug-likeness (QED) is 0.663. The van der Waals surface area contributed by atoms with Gasteiger partial charge in [0, 0.05) is 12.1 Å². The van der Waals surface area contributed by atoms with Crippen LogP contribution in [-0.2, 0) is 16.1 Å². The summed E-state index contributed by atoms with van der Waals surface area (Å²) >= 11 is 0. The van der Waals surface area contributed by atoms with Gasteiger partial charge in [-0.3, -0.25) is 14.5 Å². The molecular formula is C11H13NO5. The standard InChI is InChI=1S/C11H13NO5/c13-9-4-2-1-3-8(9)5-12(6-10(14)15)7-11(16)17/h1-4,13H,5-7H2,(H,14,15)(H,16,17). The summed E-state index contributed by atoms with van der Waals surface area (Å²) in [6.07, 6.45) is 0. The lowest BCUT2D eigenvalue weighted by Gasteiger charge is -2.18. The Morgan fingerprint density at radius 1 is 1.06 bits per heavy atom. The fraction of sp³-hybridized carbons (Fsp3) is 0.273. The predicted molar refractivity (Wildman–Crippen MR) is 58.7 cm³/mol. The number of carboxylic acids is 2.